The molecular formula is C33H54FN5O3. The van der Waals surface area contributed by atoms with E-state index in [2.05, 4.69) is 33.9 Å². The lowest BCUT2D eigenvalue weighted by Gasteiger charge is -2.25. The number of amidine groups is 1. The summed E-state index contributed by atoms with van der Waals surface area (Å²) >= 11 is 0. The number of nitroso groups, excluding NO2 is 1. The van der Waals surface area contributed by atoms with Crippen LogP contribution in [0.2, 0.25) is 0 Å². The number of hydrogen-bond donors (Lipinski definition) is 2. The molecule has 0 aromatic rings. The number of aliphatic hydroxyl groups is 1. The van der Waals surface area contributed by atoms with Gasteiger partial charge in [0.05, 0.1) is 18.6 Å². The minimum Gasteiger partial charge on any atom is -0.468 e. The number of unbranched alkanes of at least 4 members (excludes halogenated alkanes) is 2. The van der Waals surface area contributed by atoms with Crippen molar-refractivity contribution in [3.8, 4) is 0 Å². The fourth-order valence-corrected chi connectivity index (χ4v) is 4.18. The zero-order valence-corrected chi connectivity index (χ0v) is 27.0. The number of nitrogens with zero attached hydrogens (tertiary/aromatic N) is 4. The summed E-state index contributed by atoms with van der Waals surface area (Å²) in [5.41, 5.74) is 4.06. The minimum atomic E-state index is -0.183. The number of allylic oxidation sites excluding steroid dienone is 9. The first kappa shape index (κ1) is 38.8. The van der Waals surface area contributed by atoms with E-state index < -0.39 is 0 Å². The van der Waals surface area contributed by atoms with Crippen LogP contribution in [0.5, 0.6) is 0 Å². The Hall–Kier alpha value is -3.17. The number of aliphatic hydroxyl groups excluding tert-OH is 1. The Morgan fingerprint density at radius 1 is 1.10 bits per heavy atom. The third-order valence-corrected chi connectivity index (χ3v) is 6.60. The number of rotatable bonds is 21. The average Bonchev–Trinajstić information content (AvgIpc) is 2.99. The number of ether oxygens (including phenoxy) is 1. The monoisotopic (exact) mass is 587 g/mol. The highest BCUT2D eigenvalue weighted by Gasteiger charge is 2.15. The molecule has 0 heterocycles. The van der Waals surface area contributed by atoms with Crippen molar-refractivity contribution in [3.05, 3.63) is 75.3 Å². The summed E-state index contributed by atoms with van der Waals surface area (Å²) in [7, 11) is 5.26. The number of hydrogen-bond acceptors (Lipinski definition) is 7. The number of aliphatic imine (C=N–C) groups is 2. The highest BCUT2D eigenvalue weighted by atomic mass is 19.1. The van der Waals surface area contributed by atoms with Crippen LogP contribution < -0.4 is 5.32 Å². The normalized spacial score (nSPS) is 14.6. The fourth-order valence-electron chi connectivity index (χ4n) is 4.18. The summed E-state index contributed by atoms with van der Waals surface area (Å²) in [6.07, 6.45) is 13.6. The molecule has 8 nitrogen and oxygen atoms in total. The second-order valence-electron chi connectivity index (χ2n) is 9.99. The molecule has 0 radical (unpaired) electrons. The van der Waals surface area contributed by atoms with E-state index in [4.69, 9.17) is 14.8 Å². The fraction of sp³-hybridized carbons (Fsp3) is 0.576. The number of methoxy groups -OCH3 is 1. The van der Waals surface area contributed by atoms with Crippen molar-refractivity contribution < 1.29 is 14.2 Å². The van der Waals surface area contributed by atoms with Gasteiger partial charge in [-0.05, 0) is 99.0 Å². The summed E-state index contributed by atoms with van der Waals surface area (Å²) in [5, 5.41) is 15.3. The number of nitrogens with one attached hydrogen (secondary N) is 1. The van der Waals surface area contributed by atoms with Crippen molar-refractivity contribution in [2.75, 3.05) is 47.4 Å². The van der Waals surface area contributed by atoms with Gasteiger partial charge in [-0.25, -0.2) is 4.39 Å². The van der Waals surface area contributed by atoms with E-state index in [-0.39, 0.29) is 24.6 Å². The van der Waals surface area contributed by atoms with Crippen molar-refractivity contribution in [2.45, 2.75) is 79.1 Å². The van der Waals surface area contributed by atoms with E-state index in [0.717, 1.165) is 55.6 Å². The Morgan fingerprint density at radius 3 is 2.38 bits per heavy atom. The molecule has 0 bridgehead atoms. The van der Waals surface area contributed by atoms with Crippen LogP contribution in [0.1, 0.15) is 79.1 Å². The molecule has 236 valence electrons. The molecule has 0 saturated heterocycles. The Kier molecular flexibility index (Phi) is 22.6. The van der Waals surface area contributed by atoms with Crippen molar-refractivity contribution in [2.24, 2.45) is 15.2 Å². The molecule has 0 saturated carbocycles. The largest absolute Gasteiger partial charge is 0.468 e. The smallest absolute Gasteiger partial charge is 0.292 e. The maximum atomic E-state index is 15.0. The minimum absolute atomic E-state index is 0.0976. The molecule has 0 rings (SSSR count). The third kappa shape index (κ3) is 15.7. The summed E-state index contributed by atoms with van der Waals surface area (Å²) in [6, 6.07) is 0.511. The molecule has 0 aliphatic heterocycles. The predicted molar refractivity (Wildman–Crippen MR) is 176 cm³/mol. The quantitative estimate of drug-likeness (QED) is 0.0474. The van der Waals surface area contributed by atoms with E-state index in [1.54, 1.807) is 33.4 Å². The van der Waals surface area contributed by atoms with Gasteiger partial charge in [-0.15, -0.1) is 4.91 Å². The van der Waals surface area contributed by atoms with E-state index in [1.807, 2.05) is 27.0 Å². The zero-order valence-electron chi connectivity index (χ0n) is 27.0. The third-order valence-electron chi connectivity index (χ3n) is 6.60. The molecule has 42 heavy (non-hydrogen) atoms. The van der Waals surface area contributed by atoms with Crippen LogP contribution in [-0.4, -0.2) is 69.7 Å². The van der Waals surface area contributed by atoms with Gasteiger partial charge in [0, 0.05) is 45.9 Å². The summed E-state index contributed by atoms with van der Waals surface area (Å²) in [4.78, 5) is 22.9. The summed E-state index contributed by atoms with van der Waals surface area (Å²) in [6.45, 7) is 14.0. The summed E-state index contributed by atoms with van der Waals surface area (Å²) in [5.74, 6) is -0.183. The maximum Gasteiger partial charge on any atom is 0.292 e. The zero-order chi connectivity index (χ0) is 31.8. The van der Waals surface area contributed by atoms with E-state index in [0.29, 0.717) is 43.0 Å². The van der Waals surface area contributed by atoms with Crippen molar-refractivity contribution >= 4 is 12.2 Å². The van der Waals surface area contributed by atoms with Crippen LogP contribution in [0.4, 0.5) is 4.39 Å². The first-order chi connectivity index (χ1) is 20.3. The topological polar surface area (TPSA) is 98.9 Å². The van der Waals surface area contributed by atoms with Crippen LogP contribution in [0.15, 0.2) is 85.6 Å². The lowest BCUT2D eigenvalue weighted by molar-refractivity contribution is 0.278. The van der Waals surface area contributed by atoms with E-state index in [9.17, 15) is 4.91 Å². The highest BCUT2D eigenvalue weighted by Crippen LogP contribution is 2.26. The average molecular weight is 588 g/mol. The van der Waals surface area contributed by atoms with Gasteiger partial charge in [-0.1, -0.05) is 39.0 Å². The van der Waals surface area contributed by atoms with Gasteiger partial charge in [-0.2, -0.15) is 4.99 Å². The molecule has 0 unspecified atom stereocenters. The molecule has 0 fully saturated rings. The van der Waals surface area contributed by atoms with Gasteiger partial charge in [0.2, 0.25) is 0 Å². The standard InChI is InChI=1S/C33H54FN5O3/c1-9-12-20-39(21-19-35-6)33(42-8)37-32(29(11-3)25-36-7)27(5)23-28(24-30(38-41)15-10-2)17-18-31(34)26(4)16-13-14-22-40/h10,15,23-25,35,40H,2,9,11-14,16-22H2,1,3-8H3/b27-23-,28-24-,30-15+,31-26-,32-29+,36-25?,37-33?. The van der Waals surface area contributed by atoms with Crippen LogP contribution in [-0.2, 0) is 4.74 Å². The van der Waals surface area contributed by atoms with Crippen LogP contribution in [0.3, 0.4) is 0 Å². The second kappa shape index (κ2) is 24.4. The van der Waals surface area contributed by atoms with E-state index >= 15 is 4.39 Å². The van der Waals surface area contributed by atoms with Gasteiger partial charge in [0.25, 0.3) is 6.02 Å². The maximum absolute atomic E-state index is 15.0. The summed E-state index contributed by atoms with van der Waals surface area (Å²) < 4.78 is 20.8. The molecule has 0 aromatic heterocycles. The van der Waals surface area contributed by atoms with Gasteiger partial charge in [0.15, 0.2) is 0 Å². The molecule has 0 aliphatic carbocycles. The molecule has 0 aliphatic rings. The Balaban J connectivity index is 6.87. The number of halogens is 1. The Bertz CT molecular complexity index is 1030. The highest BCUT2D eigenvalue weighted by molar-refractivity contribution is 5.83. The predicted octanol–water partition coefficient (Wildman–Crippen LogP) is 7.57. The molecule has 0 aromatic carbocycles. The second-order valence-corrected chi connectivity index (χ2v) is 9.99. The SMILES string of the molecule is C=C\C=C(/C=C(\C=C(C)/C(N=C(OC)N(CCCC)CCNC)=C(\C=NC)CC)CC/C(F)=C(\C)CCCCO)N=O. The van der Waals surface area contributed by atoms with Gasteiger partial charge < -0.3 is 20.1 Å². The van der Waals surface area contributed by atoms with Crippen molar-refractivity contribution in [1.29, 1.82) is 0 Å². The lowest BCUT2D eigenvalue weighted by Crippen LogP contribution is -2.38. The van der Waals surface area contributed by atoms with Gasteiger partial charge >= 0.3 is 0 Å². The van der Waals surface area contributed by atoms with Crippen molar-refractivity contribution in [1.82, 2.24) is 10.2 Å². The van der Waals surface area contributed by atoms with Crippen LogP contribution in [0, 0.1) is 4.91 Å². The van der Waals surface area contributed by atoms with E-state index in [1.165, 1.54) is 12.2 Å². The molecule has 0 atom stereocenters. The van der Waals surface area contributed by atoms with Crippen molar-refractivity contribution in [3.63, 3.8) is 0 Å². The Labute approximate surface area is 253 Å². The molecule has 0 spiro atoms. The molecule has 2 N–H and O–H groups in total. The molecule has 0 amide bonds. The first-order valence-electron chi connectivity index (χ1n) is 14.9. The van der Waals surface area contributed by atoms with Crippen LogP contribution in [0.25, 0.3) is 0 Å². The Morgan fingerprint density at radius 2 is 1.83 bits per heavy atom. The van der Waals surface area contributed by atoms with Gasteiger partial charge in [0.1, 0.15) is 5.70 Å². The molecule has 9 heteroatoms. The van der Waals surface area contributed by atoms with Crippen LogP contribution >= 0.6 is 0 Å². The van der Waals surface area contributed by atoms with Gasteiger partial charge in [-0.3, -0.25) is 4.99 Å². The lowest BCUT2D eigenvalue weighted by atomic mass is 9.99. The first-order valence-corrected chi connectivity index (χ1v) is 14.9. The number of likely N-dealkylation sites (N-methyl/N-ethyl adjacent to an activating group) is 1. The molecular weight excluding hydrogens is 533 g/mol.